The summed E-state index contributed by atoms with van der Waals surface area (Å²) in [6, 6.07) is 11.0. The molecule has 4 heterocycles. The fraction of sp³-hybridized carbons (Fsp3) is 0.400. The minimum atomic E-state index is -2.83. The molecule has 8 nitrogen and oxygen atoms in total. The maximum atomic E-state index is 13.8. The second-order valence-corrected chi connectivity index (χ2v) is 10.2. The second-order valence-electron chi connectivity index (χ2n) is 9.40. The second kappa shape index (κ2) is 9.83. The van der Waals surface area contributed by atoms with Crippen molar-refractivity contribution in [1.29, 1.82) is 0 Å². The Hall–Kier alpha value is -2.79. The lowest BCUT2D eigenvalue weighted by Crippen LogP contribution is -2.52. The summed E-state index contributed by atoms with van der Waals surface area (Å²) in [5, 5.41) is 7.82. The molecule has 2 saturated heterocycles. The Bertz CT molecular complexity index is 1490. The van der Waals surface area contributed by atoms with Gasteiger partial charge in [-0.2, -0.15) is 8.78 Å². The number of ether oxygens (including phenoxy) is 1. The van der Waals surface area contributed by atoms with Crippen LogP contribution in [0.15, 0.2) is 45.6 Å². The van der Waals surface area contributed by atoms with Gasteiger partial charge < -0.3 is 9.15 Å². The third kappa shape index (κ3) is 4.56. The van der Waals surface area contributed by atoms with Crippen molar-refractivity contribution in [2.45, 2.75) is 37.9 Å². The van der Waals surface area contributed by atoms with E-state index in [0.29, 0.717) is 33.7 Å². The Kier molecular flexibility index (Phi) is 6.52. The lowest BCUT2D eigenvalue weighted by Gasteiger charge is -2.41. The number of halogens is 4. The normalized spacial score (nSPS) is 17.6. The van der Waals surface area contributed by atoms with Crippen molar-refractivity contribution in [2.75, 3.05) is 26.3 Å². The topological polar surface area (TPSA) is 78.3 Å². The molecule has 194 valence electrons. The number of alkyl halides is 2. The van der Waals surface area contributed by atoms with Crippen LogP contribution in [0, 0.1) is 0 Å². The van der Waals surface area contributed by atoms with E-state index in [9.17, 15) is 13.6 Å². The Balaban J connectivity index is 1.30. The third-order valence-electron chi connectivity index (χ3n) is 7.17. The minimum Gasteiger partial charge on any atom is -0.415 e. The molecule has 0 saturated carbocycles. The number of aromatic nitrogens is 4. The van der Waals surface area contributed by atoms with Crippen molar-refractivity contribution in [1.82, 2.24) is 24.2 Å². The number of hydrogen-bond donors (Lipinski definition) is 0. The van der Waals surface area contributed by atoms with Crippen LogP contribution in [0.5, 0.6) is 0 Å². The molecular formula is C25H23Cl2F2N5O3. The predicted octanol–water partition coefficient (Wildman–Crippen LogP) is 5.18. The van der Waals surface area contributed by atoms with Crippen molar-refractivity contribution in [3.63, 3.8) is 0 Å². The van der Waals surface area contributed by atoms with Gasteiger partial charge >= 0.3 is 12.1 Å². The molecule has 2 aliphatic rings. The van der Waals surface area contributed by atoms with Gasteiger partial charge in [0, 0.05) is 24.7 Å². The number of hydrogen-bond acceptors (Lipinski definition) is 6. The summed E-state index contributed by atoms with van der Waals surface area (Å²) in [5.74, 6) is -0.710. The summed E-state index contributed by atoms with van der Waals surface area (Å²) >= 11 is 12.7. The first kappa shape index (κ1) is 24.5. The van der Waals surface area contributed by atoms with Gasteiger partial charge in [-0.1, -0.05) is 35.3 Å². The number of nitrogens with zero attached hydrogens (tertiary/aromatic N) is 5. The number of imidazole rings is 1. The molecule has 0 N–H and O–H groups in total. The van der Waals surface area contributed by atoms with E-state index in [1.165, 1.54) is 0 Å². The Labute approximate surface area is 220 Å². The average Bonchev–Trinajstić information content (AvgIpc) is 3.44. The van der Waals surface area contributed by atoms with Gasteiger partial charge in [-0.05, 0) is 42.7 Å². The molecule has 2 aliphatic heterocycles. The van der Waals surface area contributed by atoms with E-state index in [2.05, 4.69) is 15.1 Å². The summed E-state index contributed by atoms with van der Waals surface area (Å²) in [4.78, 5) is 16.2. The number of likely N-dealkylation sites (tertiary alicyclic amines) is 1. The first-order valence-corrected chi connectivity index (χ1v) is 12.8. The van der Waals surface area contributed by atoms with E-state index in [1.54, 1.807) is 41.0 Å². The van der Waals surface area contributed by atoms with Gasteiger partial charge in [-0.25, -0.2) is 4.79 Å². The Morgan fingerprint density at radius 1 is 0.973 bits per heavy atom. The minimum absolute atomic E-state index is 0.0110. The molecule has 0 radical (unpaired) electrons. The predicted molar refractivity (Wildman–Crippen MR) is 134 cm³/mol. The third-order valence-corrected chi connectivity index (χ3v) is 7.90. The first-order valence-electron chi connectivity index (χ1n) is 12.0. The molecule has 6 rings (SSSR count). The Morgan fingerprint density at radius 3 is 2.24 bits per heavy atom. The zero-order valence-corrected chi connectivity index (χ0v) is 21.1. The highest BCUT2D eigenvalue weighted by Gasteiger charge is 2.32. The standard InChI is InChI=1S/C25H23Cl2F2N5O3/c26-18-9-20-21(10-19(18)27)34(16-5-7-32(8-6-16)17-12-36-13-17)25(35)33(20)11-14-1-3-15(4-2-14)23-30-31-24(37-23)22(28)29/h1-4,9-10,16-17,22H,5-8,11-13H2. The molecule has 4 aromatic rings. The van der Waals surface area contributed by atoms with Gasteiger partial charge in [-0.3, -0.25) is 14.0 Å². The monoisotopic (exact) mass is 549 g/mol. The molecule has 0 spiro atoms. The van der Waals surface area contributed by atoms with Gasteiger partial charge in [0.25, 0.3) is 5.89 Å². The summed E-state index contributed by atoms with van der Waals surface area (Å²) in [5.41, 5.74) is 2.69. The fourth-order valence-corrected chi connectivity index (χ4v) is 5.41. The number of rotatable bonds is 6. The number of benzene rings is 2. The van der Waals surface area contributed by atoms with E-state index < -0.39 is 12.3 Å². The highest BCUT2D eigenvalue weighted by atomic mass is 35.5. The van der Waals surface area contributed by atoms with Gasteiger partial charge in [0.15, 0.2) is 0 Å². The molecule has 12 heteroatoms. The van der Waals surface area contributed by atoms with Crippen molar-refractivity contribution < 1.29 is 17.9 Å². The van der Waals surface area contributed by atoms with Crippen LogP contribution in [0.3, 0.4) is 0 Å². The molecule has 2 aromatic carbocycles. The van der Waals surface area contributed by atoms with Crippen molar-refractivity contribution >= 4 is 34.2 Å². The first-order chi connectivity index (χ1) is 17.9. The van der Waals surface area contributed by atoms with Crippen molar-refractivity contribution in [2.24, 2.45) is 0 Å². The molecule has 0 aliphatic carbocycles. The van der Waals surface area contributed by atoms with Crippen LogP contribution in [-0.2, 0) is 11.3 Å². The van der Waals surface area contributed by atoms with Crippen LogP contribution in [0.1, 0.15) is 36.8 Å². The molecule has 0 atom stereocenters. The van der Waals surface area contributed by atoms with Crippen LogP contribution >= 0.6 is 23.2 Å². The van der Waals surface area contributed by atoms with Crippen molar-refractivity contribution in [3.05, 3.63) is 68.4 Å². The van der Waals surface area contributed by atoms with E-state index in [1.807, 2.05) is 4.57 Å². The quantitative estimate of drug-likeness (QED) is 0.329. The Morgan fingerprint density at radius 2 is 1.65 bits per heavy atom. The average molecular weight is 550 g/mol. The number of fused-ring (bicyclic) bond motifs is 1. The van der Waals surface area contributed by atoms with Gasteiger partial charge in [0.2, 0.25) is 5.89 Å². The zero-order chi connectivity index (χ0) is 25.7. The summed E-state index contributed by atoms with van der Waals surface area (Å²) < 4.78 is 39.5. The van der Waals surface area contributed by atoms with Crippen LogP contribution in [0.25, 0.3) is 22.5 Å². The molecule has 37 heavy (non-hydrogen) atoms. The largest absolute Gasteiger partial charge is 0.415 e. The molecule has 0 bridgehead atoms. The van der Waals surface area contributed by atoms with Gasteiger partial charge in [0.1, 0.15) is 0 Å². The molecule has 0 unspecified atom stereocenters. The van der Waals surface area contributed by atoms with Crippen molar-refractivity contribution in [3.8, 4) is 11.5 Å². The van der Waals surface area contributed by atoms with E-state index in [-0.39, 0.29) is 17.6 Å². The highest BCUT2D eigenvalue weighted by molar-refractivity contribution is 6.42. The van der Waals surface area contributed by atoms with Crippen LogP contribution in [-0.4, -0.2) is 56.6 Å². The van der Waals surface area contributed by atoms with E-state index in [4.69, 9.17) is 32.4 Å². The van der Waals surface area contributed by atoms with Gasteiger partial charge in [-0.15, -0.1) is 10.2 Å². The molecule has 2 aromatic heterocycles. The number of piperidine rings is 1. The van der Waals surface area contributed by atoms with Gasteiger partial charge in [0.05, 0.1) is 46.9 Å². The summed E-state index contributed by atoms with van der Waals surface area (Å²) in [7, 11) is 0. The van der Waals surface area contributed by atoms with E-state index in [0.717, 1.165) is 50.2 Å². The van der Waals surface area contributed by atoms with Crippen LogP contribution in [0.2, 0.25) is 10.0 Å². The molecule has 0 amide bonds. The lowest BCUT2D eigenvalue weighted by molar-refractivity contribution is -0.0731. The van der Waals surface area contributed by atoms with Crippen LogP contribution in [0.4, 0.5) is 8.78 Å². The highest BCUT2D eigenvalue weighted by Crippen LogP contribution is 2.32. The smallest absolute Gasteiger partial charge is 0.329 e. The molecular weight excluding hydrogens is 527 g/mol. The summed E-state index contributed by atoms with van der Waals surface area (Å²) in [6.45, 7) is 3.66. The van der Waals surface area contributed by atoms with E-state index >= 15 is 0 Å². The van der Waals surface area contributed by atoms with Crippen LogP contribution < -0.4 is 5.69 Å². The lowest BCUT2D eigenvalue weighted by atomic mass is 10.0. The zero-order valence-electron chi connectivity index (χ0n) is 19.6. The maximum absolute atomic E-state index is 13.8. The summed E-state index contributed by atoms with van der Waals surface area (Å²) in [6.07, 6.45) is -1.12. The molecule has 2 fully saturated rings. The maximum Gasteiger partial charge on any atom is 0.329 e. The fourth-order valence-electron chi connectivity index (χ4n) is 5.09. The SMILES string of the molecule is O=c1n(Cc2ccc(-c3nnc(C(F)F)o3)cc2)c2cc(Cl)c(Cl)cc2n1C1CCN(C2COC2)CC1.